The van der Waals surface area contributed by atoms with Crippen LogP contribution in [-0.2, 0) is 0 Å². The summed E-state index contributed by atoms with van der Waals surface area (Å²) in [5.74, 6) is 0.616. The second-order valence-corrected chi connectivity index (χ2v) is 7.43. The number of amides is 2. The standard InChI is InChI=1S/C23H28N2O3/c1-17(2)28-21-13-11-20(12-14-21)24-22(26)18-7-9-19(10-8-18)23(27)25-15-5-3-4-6-16-25/h7-14,17H,3-6,15-16H2,1-2H3,(H,24,26). The van der Waals surface area contributed by atoms with Gasteiger partial charge in [-0.1, -0.05) is 12.8 Å². The summed E-state index contributed by atoms with van der Waals surface area (Å²) in [7, 11) is 0. The van der Waals surface area contributed by atoms with Crippen molar-refractivity contribution in [3.8, 4) is 5.75 Å². The minimum Gasteiger partial charge on any atom is -0.491 e. The molecule has 0 saturated carbocycles. The lowest BCUT2D eigenvalue weighted by Gasteiger charge is -2.20. The summed E-state index contributed by atoms with van der Waals surface area (Å²) in [6.45, 7) is 5.57. The molecule has 0 unspecified atom stereocenters. The van der Waals surface area contributed by atoms with E-state index in [0.29, 0.717) is 16.8 Å². The number of benzene rings is 2. The van der Waals surface area contributed by atoms with Gasteiger partial charge in [-0.25, -0.2) is 0 Å². The van der Waals surface area contributed by atoms with Crippen molar-refractivity contribution in [3.63, 3.8) is 0 Å². The van der Waals surface area contributed by atoms with Gasteiger partial charge >= 0.3 is 0 Å². The summed E-state index contributed by atoms with van der Waals surface area (Å²) in [6.07, 6.45) is 4.61. The Bertz CT molecular complexity index is 790. The molecule has 0 bridgehead atoms. The number of ether oxygens (including phenoxy) is 1. The first-order chi connectivity index (χ1) is 13.5. The van der Waals surface area contributed by atoms with Crippen LogP contribution in [0.1, 0.15) is 60.2 Å². The molecule has 3 rings (SSSR count). The second kappa shape index (κ2) is 9.40. The van der Waals surface area contributed by atoms with Crippen molar-refractivity contribution in [3.05, 3.63) is 59.7 Å². The van der Waals surface area contributed by atoms with Gasteiger partial charge in [-0.05, 0) is 75.2 Å². The average molecular weight is 380 g/mol. The minimum atomic E-state index is -0.203. The zero-order chi connectivity index (χ0) is 19.9. The number of rotatable bonds is 5. The number of nitrogens with zero attached hydrogens (tertiary/aromatic N) is 1. The Labute approximate surface area is 166 Å². The molecule has 1 aliphatic rings. The third kappa shape index (κ3) is 5.35. The maximum Gasteiger partial charge on any atom is 0.255 e. The lowest BCUT2D eigenvalue weighted by molar-refractivity contribution is 0.0761. The highest BCUT2D eigenvalue weighted by Gasteiger charge is 2.17. The molecule has 2 aromatic rings. The summed E-state index contributed by atoms with van der Waals surface area (Å²) >= 11 is 0. The van der Waals surface area contributed by atoms with E-state index in [1.807, 2.05) is 43.0 Å². The third-order valence-corrected chi connectivity index (χ3v) is 4.77. The highest BCUT2D eigenvalue weighted by molar-refractivity contribution is 6.05. The topological polar surface area (TPSA) is 58.6 Å². The molecule has 0 aromatic heterocycles. The number of carbonyl (C=O) groups excluding carboxylic acids is 2. The van der Waals surface area contributed by atoms with Crippen molar-refractivity contribution in [2.75, 3.05) is 18.4 Å². The Balaban J connectivity index is 1.61. The fourth-order valence-corrected chi connectivity index (χ4v) is 3.31. The lowest BCUT2D eigenvalue weighted by atomic mass is 10.1. The molecule has 0 spiro atoms. The van der Waals surface area contributed by atoms with E-state index in [1.165, 1.54) is 12.8 Å². The molecule has 148 valence electrons. The van der Waals surface area contributed by atoms with Gasteiger partial charge in [0, 0.05) is 29.9 Å². The van der Waals surface area contributed by atoms with Crippen LogP contribution in [0.4, 0.5) is 5.69 Å². The van der Waals surface area contributed by atoms with Crippen LogP contribution < -0.4 is 10.1 Å². The molecule has 1 saturated heterocycles. The van der Waals surface area contributed by atoms with Crippen LogP contribution in [0.3, 0.4) is 0 Å². The van der Waals surface area contributed by atoms with E-state index < -0.39 is 0 Å². The van der Waals surface area contributed by atoms with Crippen molar-refractivity contribution >= 4 is 17.5 Å². The number of nitrogens with one attached hydrogen (secondary N) is 1. The van der Waals surface area contributed by atoms with E-state index >= 15 is 0 Å². The summed E-state index contributed by atoms with van der Waals surface area (Å²) in [6, 6.07) is 14.2. The maximum atomic E-state index is 12.6. The van der Waals surface area contributed by atoms with Gasteiger partial charge in [-0.3, -0.25) is 9.59 Å². The van der Waals surface area contributed by atoms with Crippen LogP contribution in [0.25, 0.3) is 0 Å². The molecule has 5 heteroatoms. The van der Waals surface area contributed by atoms with Crippen LogP contribution in [0, 0.1) is 0 Å². The largest absolute Gasteiger partial charge is 0.491 e. The predicted octanol–water partition coefficient (Wildman–Crippen LogP) is 4.74. The number of likely N-dealkylation sites (tertiary alicyclic amines) is 1. The van der Waals surface area contributed by atoms with Gasteiger partial charge in [0.15, 0.2) is 0 Å². The van der Waals surface area contributed by atoms with Gasteiger partial charge < -0.3 is 15.0 Å². The molecule has 5 nitrogen and oxygen atoms in total. The molecule has 1 heterocycles. The van der Waals surface area contributed by atoms with Crippen molar-refractivity contribution < 1.29 is 14.3 Å². The van der Waals surface area contributed by atoms with Crippen LogP contribution in [0.15, 0.2) is 48.5 Å². The molecular weight excluding hydrogens is 352 g/mol. The normalized spacial score (nSPS) is 14.5. The third-order valence-electron chi connectivity index (χ3n) is 4.77. The quantitative estimate of drug-likeness (QED) is 0.815. The molecule has 0 radical (unpaired) electrons. The van der Waals surface area contributed by atoms with Gasteiger partial charge in [0.2, 0.25) is 0 Å². The zero-order valence-electron chi connectivity index (χ0n) is 16.6. The molecule has 2 amide bonds. The Morgan fingerprint density at radius 1 is 0.857 bits per heavy atom. The highest BCUT2D eigenvalue weighted by Crippen LogP contribution is 2.18. The number of hydrogen-bond donors (Lipinski definition) is 1. The number of hydrogen-bond acceptors (Lipinski definition) is 3. The van der Waals surface area contributed by atoms with E-state index in [1.54, 1.807) is 24.3 Å². The average Bonchev–Trinajstić information content (AvgIpc) is 2.98. The van der Waals surface area contributed by atoms with E-state index in [0.717, 1.165) is 31.7 Å². The Hall–Kier alpha value is -2.82. The minimum absolute atomic E-state index is 0.0506. The van der Waals surface area contributed by atoms with Crippen LogP contribution in [0.2, 0.25) is 0 Å². The smallest absolute Gasteiger partial charge is 0.255 e. The van der Waals surface area contributed by atoms with Gasteiger partial charge in [0.1, 0.15) is 5.75 Å². The fourth-order valence-electron chi connectivity index (χ4n) is 3.31. The second-order valence-electron chi connectivity index (χ2n) is 7.43. The van der Waals surface area contributed by atoms with Crippen molar-refractivity contribution in [1.29, 1.82) is 0 Å². The molecule has 1 aliphatic heterocycles. The van der Waals surface area contributed by atoms with E-state index in [9.17, 15) is 9.59 Å². The summed E-state index contributed by atoms with van der Waals surface area (Å²) in [5.41, 5.74) is 1.86. The molecule has 1 N–H and O–H groups in total. The molecular formula is C23H28N2O3. The van der Waals surface area contributed by atoms with E-state index in [2.05, 4.69) is 5.32 Å². The van der Waals surface area contributed by atoms with Crippen LogP contribution in [0.5, 0.6) is 5.75 Å². The Morgan fingerprint density at radius 2 is 1.43 bits per heavy atom. The molecule has 28 heavy (non-hydrogen) atoms. The van der Waals surface area contributed by atoms with E-state index in [-0.39, 0.29) is 17.9 Å². The van der Waals surface area contributed by atoms with Gasteiger partial charge in [0.05, 0.1) is 6.10 Å². The SMILES string of the molecule is CC(C)Oc1ccc(NC(=O)c2ccc(C(=O)N3CCCCCC3)cc2)cc1. The first kappa shape index (κ1) is 19.9. The lowest BCUT2D eigenvalue weighted by Crippen LogP contribution is -2.31. The molecule has 0 atom stereocenters. The first-order valence-electron chi connectivity index (χ1n) is 10.0. The zero-order valence-corrected chi connectivity index (χ0v) is 16.6. The highest BCUT2D eigenvalue weighted by atomic mass is 16.5. The summed E-state index contributed by atoms with van der Waals surface area (Å²) in [4.78, 5) is 27.0. The summed E-state index contributed by atoms with van der Waals surface area (Å²) < 4.78 is 5.60. The number of anilines is 1. The van der Waals surface area contributed by atoms with Gasteiger partial charge in [0.25, 0.3) is 11.8 Å². The van der Waals surface area contributed by atoms with Gasteiger partial charge in [-0.15, -0.1) is 0 Å². The predicted molar refractivity (Wildman–Crippen MR) is 111 cm³/mol. The van der Waals surface area contributed by atoms with Crippen molar-refractivity contribution in [2.24, 2.45) is 0 Å². The van der Waals surface area contributed by atoms with Gasteiger partial charge in [-0.2, -0.15) is 0 Å². The Kier molecular flexibility index (Phi) is 6.69. The monoisotopic (exact) mass is 380 g/mol. The molecule has 0 aliphatic carbocycles. The molecule has 2 aromatic carbocycles. The van der Waals surface area contributed by atoms with Crippen molar-refractivity contribution in [2.45, 2.75) is 45.6 Å². The Morgan fingerprint density at radius 3 is 2.00 bits per heavy atom. The number of carbonyl (C=O) groups is 2. The molecule has 1 fully saturated rings. The van der Waals surface area contributed by atoms with Crippen LogP contribution >= 0.6 is 0 Å². The van der Waals surface area contributed by atoms with Crippen molar-refractivity contribution in [1.82, 2.24) is 4.90 Å². The van der Waals surface area contributed by atoms with E-state index in [4.69, 9.17) is 4.74 Å². The first-order valence-corrected chi connectivity index (χ1v) is 10.0. The summed E-state index contributed by atoms with van der Waals surface area (Å²) in [5, 5.41) is 2.87. The van der Waals surface area contributed by atoms with Crippen LogP contribution in [-0.4, -0.2) is 35.9 Å². The maximum absolute atomic E-state index is 12.6. The fraction of sp³-hybridized carbons (Fsp3) is 0.391.